The van der Waals surface area contributed by atoms with Gasteiger partial charge >= 0.3 is 5.97 Å². The summed E-state index contributed by atoms with van der Waals surface area (Å²) in [6.07, 6.45) is -0.0185. The average molecular weight is 223 g/mol. The Balaban J connectivity index is 3.07. The minimum absolute atomic E-state index is 0.0185. The van der Waals surface area contributed by atoms with Gasteiger partial charge in [0.25, 0.3) is 0 Å². The molecule has 0 unspecified atom stereocenters. The van der Waals surface area contributed by atoms with Gasteiger partial charge in [-0.3, -0.25) is 0 Å². The van der Waals surface area contributed by atoms with Gasteiger partial charge in [-0.25, -0.2) is 4.79 Å². The normalized spacial score (nSPS) is 10.2. The lowest BCUT2D eigenvalue weighted by molar-refractivity contribution is 0.0521. The molecular formula is C12H17NO3. The summed E-state index contributed by atoms with van der Waals surface area (Å²) in [6, 6.07) is 5.11. The van der Waals surface area contributed by atoms with E-state index in [0.29, 0.717) is 23.6 Å². The van der Waals surface area contributed by atoms with Gasteiger partial charge in [0.2, 0.25) is 0 Å². The molecule has 0 bridgehead atoms. The summed E-state index contributed by atoms with van der Waals surface area (Å²) in [5.74, 6) is 0.0182. The predicted molar refractivity (Wildman–Crippen MR) is 62.6 cm³/mol. The number of carbonyl (C=O) groups is 1. The fourth-order valence-electron chi connectivity index (χ4n) is 1.32. The Hall–Kier alpha value is -1.71. The molecule has 0 heterocycles. The van der Waals surface area contributed by atoms with E-state index in [4.69, 9.17) is 15.2 Å². The van der Waals surface area contributed by atoms with Crippen molar-refractivity contribution in [3.63, 3.8) is 0 Å². The number of anilines is 1. The molecule has 0 spiro atoms. The van der Waals surface area contributed by atoms with E-state index in [2.05, 4.69) is 0 Å². The Morgan fingerprint density at radius 1 is 1.44 bits per heavy atom. The van der Waals surface area contributed by atoms with Crippen LogP contribution in [0.1, 0.15) is 31.1 Å². The van der Waals surface area contributed by atoms with E-state index in [-0.39, 0.29) is 6.10 Å². The van der Waals surface area contributed by atoms with Crippen LogP contribution in [0.5, 0.6) is 5.75 Å². The molecule has 4 heteroatoms. The second-order valence-electron chi connectivity index (χ2n) is 3.61. The van der Waals surface area contributed by atoms with Crippen LogP contribution >= 0.6 is 0 Å². The minimum atomic E-state index is -0.448. The Morgan fingerprint density at radius 3 is 2.69 bits per heavy atom. The third-order valence-corrected chi connectivity index (χ3v) is 1.90. The summed E-state index contributed by atoms with van der Waals surface area (Å²) < 4.78 is 10.4. The quantitative estimate of drug-likeness (QED) is 0.628. The van der Waals surface area contributed by atoms with Crippen molar-refractivity contribution in [2.75, 3.05) is 12.3 Å². The van der Waals surface area contributed by atoms with Crippen molar-refractivity contribution in [1.29, 1.82) is 0 Å². The van der Waals surface area contributed by atoms with E-state index in [0.717, 1.165) is 0 Å². The minimum Gasteiger partial charge on any atom is -0.490 e. The van der Waals surface area contributed by atoms with Crippen LogP contribution in [0.15, 0.2) is 18.2 Å². The lowest BCUT2D eigenvalue weighted by Crippen LogP contribution is -2.13. The topological polar surface area (TPSA) is 61.5 Å². The lowest BCUT2D eigenvalue weighted by Gasteiger charge is -2.14. The predicted octanol–water partition coefficient (Wildman–Crippen LogP) is 2.23. The Bertz CT molecular complexity index is 375. The largest absolute Gasteiger partial charge is 0.490 e. The highest BCUT2D eigenvalue weighted by atomic mass is 16.5. The molecule has 0 radical (unpaired) electrons. The highest BCUT2D eigenvalue weighted by Gasteiger charge is 2.17. The number of carbonyl (C=O) groups excluding carboxylic acids is 1. The zero-order chi connectivity index (χ0) is 12.1. The highest BCUT2D eigenvalue weighted by molar-refractivity contribution is 5.98. The van der Waals surface area contributed by atoms with Crippen molar-refractivity contribution in [3.05, 3.63) is 23.8 Å². The number of benzene rings is 1. The highest BCUT2D eigenvalue weighted by Crippen LogP contribution is 2.26. The number of rotatable bonds is 4. The van der Waals surface area contributed by atoms with Crippen molar-refractivity contribution in [2.45, 2.75) is 26.9 Å². The van der Waals surface area contributed by atoms with E-state index in [9.17, 15) is 4.79 Å². The zero-order valence-electron chi connectivity index (χ0n) is 9.82. The monoisotopic (exact) mass is 223 g/mol. The maximum atomic E-state index is 11.7. The van der Waals surface area contributed by atoms with Crippen LogP contribution in [-0.2, 0) is 4.74 Å². The molecule has 1 aromatic rings. The van der Waals surface area contributed by atoms with E-state index in [1.54, 1.807) is 25.1 Å². The second kappa shape index (κ2) is 5.39. The van der Waals surface area contributed by atoms with Gasteiger partial charge in [-0.15, -0.1) is 0 Å². The van der Waals surface area contributed by atoms with Gasteiger partial charge in [-0.05, 0) is 32.9 Å². The average Bonchev–Trinajstić information content (AvgIpc) is 2.16. The molecule has 2 N–H and O–H groups in total. The Morgan fingerprint density at radius 2 is 2.12 bits per heavy atom. The van der Waals surface area contributed by atoms with E-state index in [1.165, 1.54) is 0 Å². The number of nitrogens with two attached hydrogens (primary N) is 1. The van der Waals surface area contributed by atoms with E-state index >= 15 is 0 Å². The van der Waals surface area contributed by atoms with Crippen LogP contribution in [0.2, 0.25) is 0 Å². The maximum Gasteiger partial charge on any atom is 0.344 e. The first-order valence-corrected chi connectivity index (χ1v) is 5.28. The van der Waals surface area contributed by atoms with Gasteiger partial charge in [0.1, 0.15) is 11.3 Å². The first-order chi connectivity index (χ1) is 7.56. The first kappa shape index (κ1) is 12.4. The summed E-state index contributed by atoms with van der Waals surface area (Å²) in [5, 5.41) is 0. The van der Waals surface area contributed by atoms with Gasteiger partial charge in [-0.1, -0.05) is 6.07 Å². The van der Waals surface area contributed by atoms with E-state index < -0.39 is 5.97 Å². The number of esters is 1. The second-order valence-corrected chi connectivity index (χ2v) is 3.61. The molecule has 0 aliphatic rings. The van der Waals surface area contributed by atoms with Crippen LogP contribution in [-0.4, -0.2) is 18.7 Å². The van der Waals surface area contributed by atoms with Crippen LogP contribution in [0.3, 0.4) is 0 Å². The Kier molecular flexibility index (Phi) is 4.17. The molecule has 0 saturated carbocycles. The van der Waals surface area contributed by atoms with Crippen LogP contribution in [0.4, 0.5) is 5.69 Å². The summed E-state index contributed by atoms with van der Waals surface area (Å²) in [5.41, 5.74) is 6.42. The molecule has 0 aliphatic carbocycles. The maximum absolute atomic E-state index is 11.7. The summed E-state index contributed by atoms with van der Waals surface area (Å²) in [6.45, 7) is 5.84. The van der Waals surface area contributed by atoms with Gasteiger partial charge in [0.05, 0.1) is 12.7 Å². The van der Waals surface area contributed by atoms with Gasteiger partial charge in [0.15, 0.2) is 0 Å². The molecule has 0 saturated heterocycles. The molecule has 1 rings (SSSR count). The van der Waals surface area contributed by atoms with Crippen molar-refractivity contribution < 1.29 is 14.3 Å². The third kappa shape index (κ3) is 2.89. The van der Waals surface area contributed by atoms with Crippen molar-refractivity contribution in [1.82, 2.24) is 0 Å². The summed E-state index contributed by atoms with van der Waals surface area (Å²) in [7, 11) is 0. The molecule has 1 aromatic carbocycles. The van der Waals surface area contributed by atoms with Crippen molar-refractivity contribution in [2.24, 2.45) is 0 Å². The lowest BCUT2D eigenvalue weighted by atomic mass is 10.1. The van der Waals surface area contributed by atoms with Crippen LogP contribution < -0.4 is 10.5 Å². The molecule has 4 nitrogen and oxygen atoms in total. The molecule has 0 fully saturated rings. The smallest absolute Gasteiger partial charge is 0.344 e. The molecule has 88 valence electrons. The van der Waals surface area contributed by atoms with Crippen molar-refractivity contribution >= 4 is 11.7 Å². The van der Waals surface area contributed by atoms with Crippen LogP contribution in [0.25, 0.3) is 0 Å². The number of hydrogen-bond acceptors (Lipinski definition) is 4. The van der Waals surface area contributed by atoms with E-state index in [1.807, 2.05) is 13.8 Å². The fraction of sp³-hybridized carbons (Fsp3) is 0.417. The van der Waals surface area contributed by atoms with Crippen molar-refractivity contribution in [3.8, 4) is 5.75 Å². The summed E-state index contributed by atoms with van der Waals surface area (Å²) >= 11 is 0. The number of nitrogen functional groups attached to an aromatic ring is 1. The third-order valence-electron chi connectivity index (χ3n) is 1.90. The molecule has 16 heavy (non-hydrogen) atoms. The fourth-order valence-corrected chi connectivity index (χ4v) is 1.32. The summed E-state index contributed by atoms with van der Waals surface area (Å²) in [4.78, 5) is 11.7. The van der Waals surface area contributed by atoms with Gasteiger partial charge in [-0.2, -0.15) is 0 Å². The molecule has 0 aliphatic heterocycles. The molecule has 0 aromatic heterocycles. The molecular weight excluding hydrogens is 206 g/mol. The Labute approximate surface area is 95.3 Å². The zero-order valence-corrected chi connectivity index (χ0v) is 9.82. The SMILES string of the molecule is CCOC(=O)c1c(N)cccc1OC(C)C. The first-order valence-electron chi connectivity index (χ1n) is 5.28. The molecule has 0 amide bonds. The van der Waals surface area contributed by atoms with Crippen LogP contribution in [0, 0.1) is 0 Å². The number of hydrogen-bond donors (Lipinski definition) is 1. The molecule has 0 atom stereocenters. The van der Waals surface area contributed by atoms with Gasteiger partial charge in [0, 0.05) is 5.69 Å². The standard InChI is InChI=1S/C12H17NO3/c1-4-15-12(14)11-9(13)6-5-7-10(11)16-8(2)3/h5-8H,4,13H2,1-3H3. The van der Waals surface area contributed by atoms with Gasteiger partial charge < -0.3 is 15.2 Å². The number of ether oxygens (including phenoxy) is 2.